The molecule has 112 valence electrons. The molecule has 1 N–H and O–H groups in total. The topological polar surface area (TPSA) is 21.3 Å². The van der Waals surface area contributed by atoms with Crippen molar-refractivity contribution in [1.82, 2.24) is 5.32 Å². The average Bonchev–Trinajstić information content (AvgIpc) is 2.38. The van der Waals surface area contributed by atoms with Crippen LogP contribution in [0.1, 0.15) is 45.1 Å². The molecule has 0 heterocycles. The summed E-state index contributed by atoms with van der Waals surface area (Å²) in [5.41, 5.74) is 1.39. The fourth-order valence-electron chi connectivity index (χ4n) is 2.56. The van der Waals surface area contributed by atoms with Gasteiger partial charge >= 0.3 is 0 Å². The Morgan fingerprint density at radius 2 is 1.95 bits per heavy atom. The van der Waals surface area contributed by atoms with Crippen LogP contribution in [0.3, 0.4) is 0 Å². The highest BCUT2D eigenvalue weighted by Crippen LogP contribution is 2.39. The highest BCUT2D eigenvalue weighted by atomic mass is 79.9. The van der Waals surface area contributed by atoms with E-state index in [0.717, 1.165) is 36.5 Å². The van der Waals surface area contributed by atoms with Crippen LogP contribution in [-0.4, -0.2) is 18.7 Å². The maximum absolute atomic E-state index is 6.24. The number of rotatable bonds is 8. The third-order valence-corrected chi connectivity index (χ3v) is 4.56. The number of hydrogen-bond donors (Lipinski definition) is 1. The lowest BCUT2D eigenvalue weighted by Crippen LogP contribution is -2.42. The molecule has 0 saturated heterocycles. The molecule has 2 rings (SSSR count). The summed E-state index contributed by atoms with van der Waals surface area (Å²) in [4.78, 5) is 0. The predicted molar refractivity (Wildman–Crippen MR) is 87.8 cm³/mol. The van der Waals surface area contributed by atoms with Gasteiger partial charge < -0.3 is 10.1 Å². The molecule has 2 nitrogen and oxygen atoms in total. The number of ether oxygens (including phenoxy) is 1. The van der Waals surface area contributed by atoms with Crippen LogP contribution in [0.4, 0.5) is 0 Å². The van der Waals surface area contributed by atoms with E-state index in [0.29, 0.717) is 0 Å². The quantitative estimate of drug-likeness (QED) is 0.703. The number of benzene rings is 1. The fourth-order valence-corrected chi connectivity index (χ4v) is 2.83. The summed E-state index contributed by atoms with van der Waals surface area (Å²) in [5.74, 6) is 0.719. The third-order valence-electron chi connectivity index (χ3n) is 4.03. The monoisotopic (exact) mass is 339 g/mol. The van der Waals surface area contributed by atoms with Gasteiger partial charge in [-0.2, -0.15) is 0 Å². The summed E-state index contributed by atoms with van der Waals surface area (Å²) in [6.45, 7) is 7.39. The van der Waals surface area contributed by atoms with Crippen LogP contribution >= 0.6 is 15.9 Å². The zero-order valence-electron chi connectivity index (χ0n) is 12.6. The summed E-state index contributed by atoms with van der Waals surface area (Å²) in [5, 5.41) is 3.53. The second-order valence-corrected chi connectivity index (χ2v) is 7.22. The lowest BCUT2D eigenvalue weighted by atomic mass is 9.77. The molecule has 1 fully saturated rings. The summed E-state index contributed by atoms with van der Waals surface area (Å²) in [6.07, 6.45) is 4.88. The molecule has 0 unspecified atom stereocenters. The summed E-state index contributed by atoms with van der Waals surface area (Å²) >= 11 is 3.47. The molecule has 1 saturated carbocycles. The standard InChI is InChI=1S/C17H26BrNO/c1-14(2)12-19-11-10-17(8-3-9-17)20-13-15-4-6-16(18)7-5-15/h4-7,14,19H,3,8-13H2,1-2H3. The molecule has 0 radical (unpaired) electrons. The zero-order chi connectivity index (χ0) is 14.4. The van der Waals surface area contributed by atoms with Gasteiger partial charge in [0.2, 0.25) is 0 Å². The molecule has 1 aromatic carbocycles. The normalized spacial score (nSPS) is 17.2. The van der Waals surface area contributed by atoms with Gasteiger partial charge in [-0.15, -0.1) is 0 Å². The van der Waals surface area contributed by atoms with E-state index in [1.807, 2.05) is 0 Å². The maximum atomic E-state index is 6.24. The SMILES string of the molecule is CC(C)CNCCC1(OCc2ccc(Br)cc2)CCC1. The Hall–Kier alpha value is -0.380. The van der Waals surface area contributed by atoms with Crippen LogP contribution in [0.2, 0.25) is 0 Å². The van der Waals surface area contributed by atoms with Crippen molar-refractivity contribution < 1.29 is 4.74 Å². The molecular formula is C17H26BrNO. The van der Waals surface area contributed by atoms with Crippen LogP contribution in [0.25, 0.3) is 0 Å². The predicted octanol–water partition coefficient (Wildman–Crippen LogP) is 4.52. The van der Waals surface area contributed by atoms with E-state index in [1.165, 1.54) is 24.8 Å². The van der Waals surface area contributed by atoms with Crippen LogP contribution in [0, 0.1) is 5.92 Å². The van der Waals surface area contributed by atoms with E-state index in [-0.39, 0.29) is 5.60 Å². The van der Waals surface area contributed by atoms with Gasteiger partial charge in [-0.3, -0.25) is 0 Å². The van der Waals surface area contributed by atoms with Crippen molar-refractivity contribution in [2.24, 2.45) is 5.92 Å². The summed E-state index contributed by atoms with van der Waals surface area (Å²) < 4.78 is 7.37. The minimum absolute atomic E-state index is 0.136. The van der Waals surface area contributed by atoms with Crippen molar-refractivity contribution in [1.29, 1.82) is 0 Å². The Bertz CT molecular complexity index is 398. The van der Waals surface area contributed by atoms with Crippen LogP contribution in [0.15, 0.2) is 28.7 Å². The highest BCUT2D eigenvalue weighted by Gasteiger charge is 2.37. The third kappa shape index (κ3) is 4.87. The highest BCUT2D eigenvalue weighted by molar-refractivity contribution is 9.10. The molecule has 3 heteroatoms. The number of halogens is 1. The van der Waals surface area contributed by atoms with Crippen molar-refractivity contribution in [2.75, 3.05) is 13.1 Å². The van der Waals surface area contributed by atoms with Gasteiger partial charge in [0, 0.05) is 4.47 Å². The number of nitrogens with one attached hydrogen (secondary N) is 1. The Kier molecular flexibility index (Phi) is 6.06. The Morgan fingerprint density at radius 3 is 2.50 bits per heavy atom. The minimum Gasteiger partial charge on any atom is -0.370 e. The zero-order valence-corrected chi connectivity index (χ0v) is 14.2. The van der Waals surface area contributed by atoms with Crippen molar-refractivity contribution in [3.05, 3.63) is 34.3 Å². The largest absolute Gasteiger partial charge is 0.370 e. The fraction of sp³-hybridized carbons (Fsp3) is 0.647. The van der Waals surface area contributed by atoms with E-state index < -0.39 is 0 Å². The molecule has 1 aromatic rings. The van der Waals surface area contributed by atoms with Crippen molar-refractivity contribution in [2.45, 2.75) is 51.7 Å². The first-order valence-corrected chi connectivity index (χ1v) is 8.48. The lowest BCUT2D eigenvalue weighted by molar-refractivity contribution is -0.114. The van der Waals surface area contributed by atoms with Crippen molar-refractivity contribution in [3.8, 4) is 0 Å². The van der Waals surface area contributed by atoms with E-state index in [9.17, 15) is 0 Å². The van der Waals surface area contributed by atoms with Crippen molar-refractivity contribution >= 4 is 15.9 Å². The van der Waals surface area contributed by atoms with E-state index in [2.05, 4.69) is 59.4 Å². The molecule has 0 aromatic heterocycles. The van der Waals surface area contributed by atoms with Gasteiger partial charge in [0.1, 0.15) is 0 Å². The van der Waals surface area contributed by atoms with Gasteiger partial charge in [-0.05, 0) is 62.4 Å². The first-order chi connectivity index (χ1) is 9.60. The Balaban J connectivity index is 1.75. The smallest absolute Gasteiger partial charge is 0.0724 e. The van der Waals surface area contributed by atoms with E-state index in [4.69, 9.17) is 4.74 Å². The van der Waals surface area contributed by atoms with Gasteiger partial charge in [-0.25, -0.2) is 0 Å². The first-order valence-electron chi connectivity index (χ1n) is 7.69. The number of hydrogen-bond acceptors (Lipinski definition) is 2. The molecule has 20 heavy (non-hydrogen) atoms. The summed E-state index contributed by atoms with van der Waals surface area (Å²) in [6, 6.07) is 8.42. The van der Waals surface area contributed by atoms with Crippen molar-refractivity contribution in [3.63, 3.8) is 0 Å². The second kappa shape index (κ2) is 7.58. The van der Waals surface area contributed by atoms with E-state index in [1.54, 1.807) is 0 Å². The van der Waals surface area contributed by atoms with E-state index >= 15 is 0 Å². The maximum Gasteiger partial charge on any atom is 0.0724 e. The van der Waals surface area contributed by atoms with Gasteiger partial charge in [0.05, 0.1) is 12.2 Å². The Labute approximate surface area is 131 Å². The average molecular weight is 340 g/mol. The van der Waals surface area contributed by atoms with Gasteiger partial charge in [-0.1, -0.05) is 41.9 Å². The second-order valence-electron chi connectivity index (χ2n) is 6.30. The Morgan fingerprint density at radius 1 is 1.25 bits per heavy atom. The molecule has 1 aliphatic rings. The molecule has 0 bridgehead atoms. The summed E-state index contributed by atoms with van der Waals surface area (Å²) in [7, 11) is 0. The minimum atomic E-state index is 0.136. The van der Waals surface area contributed by atoms with Crippen LogP contribution in [0.5, 0.6) is 0 Å². The molecular weight excluding hydrogens is 314 g/mol. The molecule has 1 aliphatic carbocycles. The van der Waals surface area contributed by atoms with Crippen LogP contribution in [-0.2, 0) is 11.3 Å². The lowest BCUT2D eigenvalue weighted by Gasteiger charge is -2.42. The van der Waals surface area contributed by atoms with Crippen LogP contribution < -0.4 is 5.32 Å². The molecule has 0 aliphatic heterocycles. The molecule has 0 amide bonds. The molecule has 0 spiro atoms. The van der Waals surface area contributed by atoms with Gasteiger partial charge in [0.25, 0.3) is 0 Å². The molecule has 0 atom stereocenters. The van der Waals surface area contributed by atoms with Gasteiger partial charge in [0.15, 0.2) is 0 Å². The first kappa shape index (κ1) is 16.0.